The van der Waals surface area contributed by atoms with E-state index in [-0.39, 0.29) is 5.91 Å². The van der Waals surface area contributed by atoms with Gasteiger partial charge in [-0.2, -0.15) is 0 Å². The summed E-state index contributed by atoms with van der Waals surface area (Å²) in [6, 6.07) is 5.19. The maximum absolute atomic E-state index is 12.2. The van der Waals surface area contributed by atoms with Crippen LogP contribution in [0.25, 0.3) is 10.9 Å². The molecule has 24 heavy (non-hydrogen) atoms. The van der Waals surface area contributed by atoms with Crippen molar-refractivity contribution in [1.29, 1.82) is 0 Å². The van der Waals surface area contributed by atoms with Gasteiger partial charge in [-0.05, 0) is 18.2 Å². The Balaban J connectivity index is 2.20. The number of carbonyl (C=O) groups excluding carboxylic acids is 2. The quantitative estimate of drug-likeness (QED) is 0.570. The first-order valence-electron chi connectivity index (χ1n) is 7.46. The normalized spacial score (nSPS) is 17.8. The summed E-state index contributed by atoms with van der Waals surface area (Å²) in [6.07, 6.45) is -0.244. The number of nitrogens with one attached hydrogen (secondary N) is 2. The van der Waals surface area contributed by atoms with Crippen molar-refractivity contribution in [1.82, 2.24) is 15.2 Å². The lowest BCUT2D eigenvalue weighted by atomic mass is 10.1. The first kappa shape index (κ1) is 15.9. The molecule has 0 bridgehead atoms. The SMILES string of the molecule is CNC(=O)Oc1ccc2c(c1)c1c(n2C)C(C(=O)NC)CC1=NO. The number of oxime groups is 1. The molecule has 1 unspecified atom stereocenters. The van der Waals surface area contributed by atoms with Crippen LogP contribution in [0.3, 0.4) is 0 Å². The highest BCUT2D eigenvalue weighted by molar-refractivity contribution is 6.17. The zero-order chi connectivity index (χ0) is 17.4. The number of benzene rings is 1. The van der Waals surface area contributed by atoms with Crippen molar-refractivity contribution < 1.29 is 19.5 Å². The Labute approximate surface area is 138 Å². The minimum atomic E-state index is -0.568. The van der Waals surface area contributed by atoms with Crippen molar-refractivity contribution in [2.45, 2.75) is 12.3 Å². The minimum absolute atomic E-state index is 0.136. The van der Waals surface area contributed by atoms with E-state index in [1.54, 1.807) is 19.2 Å². The molecule has 3 rings (SSSR count). The summed E-state index contributed by atoms with van der Waals surface area (Å²) >= 11 is 0. The van der Waals surface area contributed by atoms with E-state index in [9.17, 15) is 14.8 Å². The highest BCUT2D eigenvalue weighted by atomic mass is 16.5. The predicted octanol–water partition coefficient (Wildman–Crippen LogP) is 1.31. The number of aromatic nitrogens is 1. The summed E-state index contributed by atoms with van der Waals surface area (Å²) in [4.78, 5) is 23.6. The molecule has 1 aromatic heterocycles. The topological polar surface area (TPSA) is 105 Å². The lowest BCUT2D eigenvalue weighted by Gasteiger charge is -2.11. The molecule has 8 nitrogen and oxygen atoms in total. The standard InChI is InChI=1S/C16H18N4O4/c1-17-15(21)10-7-11(19-23)13-9-6-8(24-16(22)18-2)4-5-12(9)20(3)14(10)13/h4-6,10,23H,7H2,1-3H3,(H,17,21)(H,18,22). The lowest BCUT2D eigenvalue weighted by Crippen LogP contribution is -2.25. The first-order chi connectivity index (χ1) is 11.5. The Kier molecular flexibility index (Phi) is 3.88. The average Bonchev–Trinajstić information content (AvgIpc) is 3.11. The molecule has 126 valence electrons. The number of hydrogen-bond donors (Lipinski definition) is 3. The Hall–Kier alpha value is -3.03. The van der Waals surface area contributed by atoms with Crippen molar-refractivity contribution in [3.05, 3.63) is 29.5 Å². The number of fused-ring (bicyclic) bond motifs is 3. The molecule has 2 amide bonds. The average molecular weight is 330 g/mol. The third-order valence-electron chi connectivity index (χ3n) is 4.33. The van der Waals surface area contributed by atoms with E-state index in [2.05, 4.69) is 15.8 Å². The van der Waals surface area contributed by atoms with Crippen LogP contribution in [0.4, 0.5) is 4.79 Å². The van der Waals surface area contributed by atoms with Gasteiger partial charge in [0.25, 0.3) is 0 Å². The van der Waals surface area contributed by atoms with Crippen molar-refractivity contribution in [3.63, 3.8) is 0 Å². The minimum Gasteiger partial charge on any atom is -0.411 e. The van der Waals surface area contributed by atoms with Gasteiger partial charge < -0.3 is 25.1 Å². The fourth-order valence-electron chi connectivity index (χ4n) is 3.25. The Morgan fingerprint density at radius 1 is 1.33 bits per heavy atom. The molecule has 1 atom stereocenters. The third kappa shape index (κ3) is 2.27. The number of rotatable bonds is 2. The zero-order valence-electron chi connectivity index (χ0n) is 13.6. The van der Waals surface area contributed by atoms with Crippen LogP contribution in [0.2, 0.25) is 0 Å². The van der Waals surface area contributed by atoms with Crippen molar-refractivity contribution >= 4 is 28.6 Å². The molecule has 0 saturated carbocycles. The summed E-state index contributed by atoms with van der Waals surface area (Å²) < 4.78 is 7.07. The molecule has 1 aliphatic rings. The molecule has 0 spiro atoms. The van der Waals surface area contributed by atoms with Gasteiger partial charge in [0.05, 0.1) is 11.6 Å². The molecule has 0 radical (unpaired) electrons. The second kappa shape index (κ2) is 5.88. The maximum Gasteiger partial charge on any atom is 0.412 e. The van der Waals surface area contributed by atoms with E-state index in [1.165, 1.54) is 7.05 Å². The monoisotopic (exact) mass is 330 g/mol. The van der Waals surface area contributed by atoms with Crippen LogP contribution in [0.1, 0.15) is 23.6 Å². The van der Waals surface area contributed by atoms with Gasteiger partial charge in [-0.15, -0.1) is 0 Å². The smallest absolute Gasteiger partial charge is 0.411 e. The molecule has 8 heteroatoms. The van der Waals surface area contributed by atoms with Crippen molar-refractivity contribution in [2.24, 2.45) is 12.2 Å². The largest absolute Gasteiger partial charge is 0.412 e. The molecule has 1 heterocycles. The predicted molar refractivity (Wildman–Crippen MR) is 87.8 cm³/mol. The Morgan fingerprint density at radius 2 is 2.08 bits per heavy atom. The van der Waals surface area contributed by atoms with Gasteiger partial charge in [-0.3, -0.25) is 4.79 Å². The molecule has 3 N–H and O–H groups in total. The number of aryl methyl sites for hydroxylation is 1. The number of carbonyl (C=O) groups is 2. The molecule has 0 aliphatic heterocycles. The summed E-state index contributed by atoms with van der Waals surface area (Å²) in [5.41, 5.74) is 2.81. The van der Waals surface area contributed by atoms with Crippen LogP contribution in [0, 0.1) is 0 Å². The van der Waals surface area contributed by atoms with Crippen molar-refractivity contribution in [3.8, 4) is 5.75 Å². The second-order valence-electron chi connectivity index (χ2n) is 5.56. The number of ether oxygens (including phenoxy) is 1. The zero-order valence-corrected chi connectivity index (χ0v) is 13.6. The van der Waals surface area contributed by atoms with E-state index in [0.29, 0.717) is 23.4 Å². The number of likely N-dealkylation sites (N-methyl/N-ethyl adjacent to an activating group) is 1. The molecule has 0 saturated heterocycles. The van der Waals surface area contributed by atoms with Gasteiger partial charge in [0.15, 0.2) is 0 Å². The molecular formula is C16H18N4O4. The fraction of sp³-hybridized carbons (Fsp3) is 0.312. The molecular weight excluding hydrogens is 312 g/mol. The molecule has 1 aromatic carbocycles. The third-order valence-corrected chi connectivity index (χ3v) is 4.33. The second-order valence-corrected chi connectivity index (χ2v) is 5.56. The van der Waals surface area contributed by atoms with E-state index in [0.717, 1.165) is 16.6 Å². The number of hydrogen-bond acceptors (Lipinski definition) is 5. The summed E-state index contributed by atoms with van der Waals surface area (Å²) in [5.74, 6) is -0.185. The number of nitrogens with zero attached hydrogens (tertiary/aromatic N) is 2. The van der Waals surface area contributed by atoms with E-state index >= 15 is 0 Å². The molecule has 2 aromatic rings. The Bertz CT molecular complexity index is 869. The van der Waals surface area contributed by atoms with Crippen LogP contribution in [0.15, 0.2) is 23.4 Å². The van der Waals surface area contributed by atoms with Crippen LogP contribution >= 0.6 is 0 Å². The molecule has 1 aliphatic carbocycles. The lowest BCUT2D eigenvalue weighted by molar-refractivity contribution is -0.121. The highest BCUT2D eigenvalue weighted by Crippen LogP contribution is 2.41. The van der Waals surface area contributed by atoms with E-state index in [4.69, 9.17) is 4.74 Å². The van der Waals surface area contributed by atoms with E-state index in [1.807, 2.05) is 17.7 Å². The van der Waals surface area contributed by atoms with Gasteiger partial charge in [-0.25, -0.2) is 4.79 Å². The first-order valence-corrected chi connectivity index (χ1v) is 7.46. The molecule has 0 fully saturated rings. The van der Waals surface area contributed by atoms with Crippen LogP contribution < -0.4 is 15.4 Å². The van der Waals surface area contributed by atoms with Gasteiger partial charge in [0.1, 0.15) is 5.75 Å². The number of amides is 2. The van der Waals surface area contributed by atoms with Gasteiger partial charge in [0.2, 0.25) is 5.91 Å². The van der Waals surface area contributed by atoms with Gasteiger partial charge >= 0.3 is 6.09 Å². The summed E-state index contributed by atoms with van der Waals surface area (Å²) in [6.45, 7) is 0. The summed E-state index contributed by atoms with van der Waals surface area (Å²) in [7, 11) is 4.91. The highest BCUT2D eigenvalue weighted by Gasteiger charge is 2.38. The Morgan fingerprint density at radius 3 is 2.71 bits per heavy atom. The van der Waals surface area contributed by atoms with Crippen LogP contribution in [0.5, 0.6) is 5.75 Å². The fourth-order valence-corrected chi connectivity index (χ4v) is 3.25. The van der Waals surface area contributed by atoms with Crippen LogP contribution in [-0.2, 0) is 11.8 Å². The van der Waals surface area contributed by atoms with Crippen LogP contribution in [-0.4, -0.2) is 41.6 Å². The summed E-state index contributed by atoms with van der Waals surface area (Å²) in [5, 5.41) is 18.5. The van der Waals surface area contributed by atoms with E-state index < -0.39 is 12.0 Å². The van der Waals surface area contributed by atoms with Gasteiger partial charge in [0, 0.05) is 49.7 Å². The van der Waals surface area contributed by atoms with Gasteiger partial charge in [-0.1, -0.05) is 5.16 Å². The maximum atomic E-state index is 12.2. The van der Waals surface area contributed by atoms with Crippen molar-refractivity contribution in [2.75, 3.05) is 14.1 Å².